The van der Waals surface area contributed by atoms with Crippen LogP contribution in [-0.2, 0) is 15.7 Å². The summed E-state index contributed by atoms with van der Waals surface area (Å²) >= 11 is 0. The molecular weight excluding hydrogens is 534 g/mol. The number of nitriles is 1. The zero-order valence-electron chi connectivity index (χ0n) is 23.2. The number of carbonyl (C=O) groups excluding carboxylic acids is 1. The van der Waals surface area contributed by atoms with Crippen LogP contribution >= 0.6 is 0 Å². The first kappa shape index (κ1) is 30.2. The average Bonchev–Trinajstić information content (AvgIpc) is 3.36. The van der Waals surface area contributed by atoms with E-state index in [1.54, 1.807) is 18.2 Å². The van der Waals surface area contributed by atoms with E-state index in [9.17, 15) is 22.4 Å². The van der Waals surface area contributed by atoms with E-state index < -0.39 is 23.5 Å². The van der Waals surface area contributed by atoms with Crippen molar-refractivity contribution < 1.29 is 27.1 Å². The van der Waals surface area contributed by atoms with Gasteiger partial charge in [0.25, 0.3) is 0 Å². The number of nitrogens with zero attached hydrogens (tertiary/aromatic N) is 3. The molecule has 0 N–H and O–H groups in total. The second kappa shape index (κ2) is 13.7. The molecule has 0 bridgehead atoms. The minimum atomic E-state index is -4.53. The van der Waals surface area contributed by atoms with Gasteiger partial charge in [0.1, 0.15) is 5.82 Å². The summed E-state index contributed by atoms with van der Waals surface area (Å²) in [4.78, 5) is 15.7. The van der Waals surface area contributed by atoms with E-state index in [1.807, 2.05) is 6.07 Å². The molecule has 0 aliphatic carbocycles. The van der Waals surface area contributed by atoms with Gasteiger partial charge in [-0.15, -0.1) is 0 Å². The van der Waals surface area contributed by atoms with Crippen LogP contribution in [0.1, 0.15) is 55.2 Å². The summed E-state index contributed by atoms with van der Waals surface area (Å²) < 4.78 is 61.1. The zero-order valence-corrected chi connectivity index (χ0v) is 23.2. The van der Waals surface area contributed by atoms with E-state index in [1.165, 1.54) is 43.5 Å². The van der Waals surface area contributed by atoms with Crippen molar-refractivity contribution in [3.63, 3.8) is 0 Å². The van der Waals surface area contributed by atoms with Crippen molar-refractivity contribution in [2.45, 2.75) is 44.7 Å². The number of alkyl halides is 3. The van der Waals surface area contributed by atoms with Gasteiger partial charge in [0.2, 0.25) is 0 Å². The lowest BCUT2D eigenvalue weighted by atomic mass is 9.85. The molecule has 0 saturated carbocycles. The Morgan fingerprint density at radius 1 is 0.927 bits per heavy atom. The third-order valence-electron chi connectivity index (χ3n) is 8.08. The summed E-state index contributed by atoms with van der Waals surface area (Å²) in [5.74, 6) is -0.363. The second-order valence-corrected chi connectivity index (χ2v) is 10.7. The predicted molar refractivity (Wildman–Crippen MR) is 153 cm³/mol. The van der Waals surface area contributed by atoms with E-state index in [2.05, 4.69) is 14.5 Å². The van der Waals surface area contributed by atoms with E-state index in [-0.39, 0.29) is 11.5 Å². The first-order chi connectivity index (χ1) is 19.7. The van der Waals surface area contributed by atoms with Gasteiger partial charge >= 0.3 is 12.1 Å². The van der Waals surface area contributed by atoms with Gasteiger partial charge in [-0.1, -0.05) is 18.9 Å². The third kappa shape index (κ3) is 7.90. The molecule has 9 heteroatoms. The number of methoxy groups -OCH3 is 1. The van der Waals surface area contributed by atoms with Crippen LogP contribution in [0.15, 0.2) is 48.6 Å². The van der Waals surface area contributed by atoms with Gasteiger partial charge in [-0.3, -0.25) is 0 Å². The number of allylic oxidation sites excluding steroid dienone is 1. The highest BCUT2D eigenvalue weighted by Crippen LogP contribution is 2.38. The fourth-order valence-electron chi connectivity index (χ4n) is 5.92. The molecule has 0 amide bonds. The average molecular weight is 570 g/mol. The van der Waals surface area contributed by atoms with Crippen molar-refractivity contribution in [2.75, 3.05) is 43.1 Å². The van der Waals surface area contributed by atoms with Gasteiger partial charge in [0.05, 0.1) is 18.7 Å². The van der Waals surface area contributed by atoms with E-state index in [4.69, 9.17) is 5.26 Å². The number of rotatable bonds is 6. The standard InChI is InChI=1S/C32H35F4N3O2/c1-41-31(40)15-12-24-11-14-28(20-30(24)33)39-18-5-3-8-26(22-39)25-7-2-4-17-38(21-25)27-13-10-23(9-6-16-37)29(19-27)32(34,35)36/h6,9-15,19-20,25-26H,2-5,7-8,17-18,21-22H2,1H3/b9-6+,15-12+. The molecule has 4 rings (SSSR count). The molecule has 2 atom stereocenters. The summed E-state index contributed by atoms with van der Waals surface area (Å²) in [6.45, 7) is 2.90. The highest BCUT2D eigenvalue weighted by atomic mass is 19.4. The molecule has 0 aromatic heterocycles. The summed E-state index contributed by atoms with van der Waals surface area (Å²) in [7, 11) is 1.27. The van der Waals surface area contributed by atoms with Gasteiger partial charge in [-0.2, -0.15) is 18.4 Å². The lowest BCUT2D eigenvalue weighted by molar-refractivity contribution is -0.137. The Morgan fingerprint density at radius 3 is 2.05 bits per heavy atom. The van der Waals surface area contributed by atoms with Gasteiger partial charge < -0.3 is 14.5 Å². The third-order valence-corrected chi connectivity index (χ3v) is 8.08. The van der Waals surface area contributed by atoms with E-state index in [0.717, 1.165) is 63.4 Å². The Labute approximate surface area is 238 Å². The molecule has 2 heterocycles. The topological polar surface area (TPSA) is 56.6 Å². The van der Waals surface area contributed by atoms with Gasteiger partial charge in [0, 0.05) is 55.3 Å². The van der Waals surface area contributed by atoms with Crippen molar-refractivity contribution in [2.24, 2.45) is 11.8 Å². The van der Waals surface area contributed by atoms with Crippen LogP contribution in [0.3, 0.4) is 0 Å². The minimum absolute atomic E-state index is 0.0207. The molecule has 5 nitrogen and oxygen atoms in total. The Bertz CT molecular complexity index is 1310. The Kier molecular flexibility index (Phi) is 10.1. The first-order valence-electron chi connectivity index (χ1n) is 14.0. The quantitative estimate of drug-likeness (QED) is 0.156. The summed E-state index contributed by atoms with van der Waals surface area (Å²) in [5, 5.41) is 8.78. The Morgan fingerprint density at radius 2 is 1.51 bits per heavy atom. The number of benzene rings is 2. The fraction of sp³-hybridized carbons (Fsp3) is 0.438. The van der Waals surface area contributed by atoms with Gasteiger partial charge in [0.15, 0.2) is 0 Å². The number of carbonyl (C=O) groups is 1. The van der Waals surface area contributed by atoms with Crippen LogP contribution in [0, 0.1) is 29.0 Å². The normalized spacial score (nSPS) is 20.6. The molecule has 218 valence electrons. The van der Waals surface area contributed by atoms with Crippen molar-refractivity contribution in [1.29, 1.82) is 5.26 Å². The van der Waals surface area contributed by atoms with E-state index >= 15 is 0 Å². The monoisotopic (exact) mass is 569 g/mol. The SMILES string of the molecule is COC(=O)/C=C/c1ccc(N2CCCCC(C3CCCCN(c4ccc(/C=C/C#N)c(C(F)(F)F)c4)C3)C2)cc1F. The molecular formula is C32H35F4N3O2. The number of ether oxygens (including phenoxy) is 1. The number of anilines is 2. The maximum absolute atomic E-state index is 14.9. The Hall–Kier alpha value is -3.80. The molecule has 2 aromatic carbocycles. The second-order valence-electron chi connectivity index (χ2n) is 10.7. The fourth-order valence-corrected chi connectivity index (χ4v) is 5.92. The largest absolute Gasteiger partial charge is 0.466 e. The highest BCUT2D eigenvalue weighted by Gasteiger charge is 2.34. The van der Waals surface area contributed by atoms with Crippen LogP contribution in [0.2, 0.25) is 0 Å². The van der Waals surface area contributed by atoms with Crippen molar-refractivity contribution in [3.05, 3.63) is 71.1 Å². The molecule has 2 unspecified atom stereocenters. The highest BCUT2D eigenvalue weighted by molar-refractivity contribution is 5.87. The summed E-state index contributed by atoms with van der Waals surface area (Å²) in [5.41, 5.74) is 0.868. The summed E-state index contributed by atoms with van der Waals surface area (Å²) in [6, 6.07) is 11.1. The van der Waals surface area contributed by atoms with Gasteiger partial charge in [-0.25, -0.2) is 9.18 Å². The molecule has 41 heavy (non-hydrogen) atoms. The zero-order chi connectivity index (χ0) is 29.4. The first-order valence-corrected chi connectivity index (χ1v) is 14.0. The van der Waals surface area contributed by atoms with Crippen LogP contribution in [0.25, 0.3) is 12.2 Å². The maximum atomic E-state index is 14.9. The molecule has 2 aliphatic rings. The molecule has 2 aromatic rings. The Balaban J connectivity index is 1.53. The molecule has 0 spiro atoms. The van der Waals surface area contributed by atoms with Crippen LogP contribution in [-0.4, -0.2) is 39.3 Å². The van der Waals surface area contributed by atoms with Crippen molar-refractivity contribution in [1.82, 2.24) is 0 Å². The smallest absolute Gasteiger partial charge is 0.417 e. The van der Waals surface area contributed by atoms with E-state index in [0.29, 0.717) is 30.3 Å². The molecule has 2 fully saturated rings. The number of halogens is 4. The van der Waals surface area contributed by atoms with Crippen molar-refractivity contribution >= 4 is 29.5 Å². The lowest BCUT2D eigenvalue weighted by Gasteiger charge is -2.34. The summed E-state index contributed by atoms with van der Waals surface area (Å²) in [6.07, 6.45) is 6.24. The van der Waals surface area contributed by atoms with Gasteiger partial charge in [-0.05, 0) is 85.6 Å². The van der Waals surface area contributed by atoms with Crippen molar-refractivity contribution in [3.8, 4) is 6.07 Å². The number of esters is 1. The maximum Gasteiger partial charge on any atom is 0.417 e. The minimum Gasteiger partial charge on any atom is -0.466 e. The predicted octanol–water partition coefficient (Wildman–Crippen LogP) is 7.48. The number of hydrogen-bond acceptors (Lipinski definition) is 5. The van der Waals surface area contributed by atoms with Crippen LogP contribution in [0.5, 0.6) is 0 Å². The van der Waals surface area contributed by atoms with Crippen LogP contribution in [0.4, 0.5) is 28.9 Å². The molecule has 2 aliphatic heterocycles. The number of hydrogen-bond donors (Lipinski definition) is 0. The van der Waals surface area contributed by atoms with Crippen LogP contribution < -0.4 is 9.80 Å². The molecule has 0 radical (unpaired) electrons. The lowest BCUT2D eigenvalue weighted by Crippen LogP contribution is -2.37. The molecule has 2 saturated heterocycles.